The molecule has 1 aromatic heterocycles. The van der Waals surface area contributed by atoms with Crippen LogP contribution in [0.3, 0.4) is 0 Å². The lowest BCUT2D eigenvalue weighted by Gasteiger charge is -2.15. The molecule has 0 aliphatic carbocycles. The van der Waals surface area contributed by atoms with Gasteiger partial charge in [0.05, 0.1) is 25.1 Å². The molecule has 3 aromatic rings. The number of nitrogens with one attached hydrogen (secondary N) is 1. The third-order valence-corrected chi connectivity index (χ3v) is 4.11. The standard InChI is InChI=1S/C19H18N2O4/c22-19-18-16(20-12-21-19)8-15(24-10-13-4-2-1-3-5-13)9-17(18)25-14-6-7-23-11-14/h1-5,8-9,12,14H,6-7,10-11H2,(H,20,21,22). The monoisotopic (exact) mass is 338 g/mol. The fourth-order valence-corrected chi connectivity index (χ4v) is 2.84. The average Bonchev–Trinajstić information content (AvgIpc) is 3.14. The minimum atomic E-state index is -0.228. The van der Waals surface area contributed by atoms with Crippen molar-refractivity contribution in [1.82, 2.24) is 9.97 Å². The first-order chi connectivity index (χ1) is 12.3. The number of aromatic amines is 1. The highest BCUT2D eigenvalue weighted by Crippen LogP contribution is 2.30. The maximum Gasteiger partial charge on any atom is 0.262 e. The van der Waals surface area contributed by atoms with Crippen molar-refractivity contribution in [3.8, 4) is 11.5 Å². The summed E-state index contributed by atoms with van der Waals surface area (Å²) in [6.07, 6.45) is 2.12. The van der Waals surface area contributed by atoms with Crippen LogP contribution in [0.1, 0.15) is 12.0 Å². The number of nitrogens with zero attached hydrogens (tertiary/aromatic N) is 1. The van der Waals surface area contributed by atoms with Gasteiger partial charge in [0.1, 0.15) is 29.6 Å². The van der Waals surface area contributed by atoms with Gasteiger partial charge in [0.25, 0.3) is 5.56 Å². The zero-order valence-electron chi connectivity index (χ0n) is 13.6. The number of benzene rings is 2. The molecule has 6 nitrogen and oxygen atoms in total. The van der Waals surface area contributed by atoms with Crippen molar-refractivity contribution < 1.29 is 14.2 Å². The van der Waals surface area contributed by atoms with Crippen LogP contribution in [0.25, 0.3) is 10.9 Å². The molecular formula is C19H18N2O4. The SMILES string of the molecule is O=c1[nH]cnc2cc(OCc3ccccc3)cc(OC3CCOC3)c12. The Kier molecular flexibility index (Phi) is 4.35. The van der Waals surface area contributed by atoms with Crippen LogP contribution in [0, 0.1) is 0 Å². The summed E-state index contributed by atoms with van der Waals surface area (Å²) in [7, 11) is 0. The van der Waals surface area contributed by atoms with Crippen LogP contribution in [-0.4, -0.2) is 29.3 Å². The smallest absolute Gasteiger partial charge is 0.262 e. The summed E-state index contributed by atoms with van der Waals surface area (Å²) >= 11 is 0. The van der Waals surface area contributed by atoms with Crippen LogP contribution in [0.2, 0.25) is 0 Å². The third-order valence-electron chi connectivity index (χ3n) is 4.11. The van der Waals surface area contributed by atoms with Gasteiger partial charge >= 0.3 is 0 Å². The minimum absolute atomic E-state index is 0.0628. The van der Waals surface area contributed by atoms with E-state index < -0.39 is 0 Å². The first-order valence-electron chi connectivity index (χ1n) is 8.22. The fourth-order valence-electron chi connectivity index (χ4n) is 2.84. The molecule has 6 heteroatoms. The summed E-state index contributed by atoms with van der Waals surface area (Å²) in [6.45, 7) is 1.62. The lowest BCUT2D eigenvalue weighted by atomic mass is 10.2. The van der Waals surface area contributed by atoms with Crippen molar-refractivity contribution >= 4 is 10.9 Å². The van der Waals surface area contributed by atoms with Gasteiger partial charge in [0.15, 0.2) is 0 Å². The van der Waals surface area contributed by atoms with Crippen molar-refractivity contribution in [2.24, 2.45) is 0 Å². The van der Waals surface area contributed by atoms with Crippen LogP contribution in [-0.2, 0) is 11.3 Å². The maximum absolute atomic E-state index is 12.2. The van der Waals surface area contributed by atoms with E-state index in [0.29, 0.717) is 42.2 Å². The van der Waals surface area contributed by atoms with Gasteiger partial charge in [-0.2, -0.15) is 0 Å². The second-order valence-corrected chi connectivity index (χ2v) is 5.92. The van der Waals surface area contributed by atoms with Crippen molar-refractivity contribution in [3.63, 3.8) is 0 Å². The highest BCUT2D eigenvalue weighted by atomic mass is 16.5. The van der Waals surface area contributed by atoms with Crippen LogP contribution >= 0.6 is 0 Å². The normalized spacial score (nSPS) is 16.9. The van der Waals surface area contributed by atoms with Gasteiger partial charge in [-0.1, -0.05) is 30.3 Å². The molecule has 0 bridgehead atoms. The van der Waals surface area contributed by atoms with Gasteiger partial charge in [0, 0.05) is 18.6 Å². The van der Waals surface area contributed by atoms with Gasteiger partial charge in [-0.25, -0.2) is 4.98 Å². The number of hydrogen-bond donors (Lipinski definition) is 1. The molecule has 0 amide bonds. The zero-order valence-corrected chi connectivity index (χ0v) is 13.6. The Labute approximate surface area is 144 Å². The van der Waals surface area contributed by atoms with E-state index in [1.807, 2.05) is 30.3 Å². The number of rotatable bonds is 5. The Balaban J connectivity index is 1.66. The molecule has 1 aliphatic rings. The van der Waals surface area contributed by atoms with Crippen LogP contribution in [0.4, 0.5) is 0 Å². The molecular weight excluding hydrogens is 320 g/mol. The van der Waals surface area contributed by atoms with E-state index >= 15 is 0 Å². The second kappa shape index (κ2) is 6.94. The summed E-state index contributed by atoms with van der Waals surface area (Å²) in [4.78, 5) is 19.1. The van der Waals surface area contributed by atoms with Gasteiger partial charge in [-0.15, -0.1) is 0 Å². The van der Waals surface area contributed by atoms with Gasteiger partial charge < -0.3 is 19.2 Å². The van der Waals surface area contributed by atoms with Crippen molar-refractivity contribution in [2.45, 2.75) is 19.1 Å². The molecule has 4 rings (SSSR count). The van der Waals surface area contributed by atoms with Crippen molar-refractivity contribution in [2.75, 3.05) is 13.2 Å². The molecule has 1 N–H and O–H groups in total. The molecule has 128 valence electrons. The summed E-state index contributed by atoms with van der Waals surface area (Å²) in [6, 6.07) is 13.4. The van der Waals surface area contributed by atoms with Crippen LogP contribution in [0.15, 0.2) is 53.6 Å². The summed E-state index contributed by atoms with van der Waals surface area (Å²) in [5.41, 5.74) is 1.38. The number of H-pyrrole nitrogens is 1. The van der Waals surface area contributed by atoms with Gasteiger partial charge in [0.2, 0.25) is 0 Å². The quantitative estimate of drug-likeness (QED) is 0.774. The largest absolute Gasteiger partial charge is 0.489 e. The molecule has 1 saturated heterocycles. The summed E-state index contributed by atoms with van der Waals surface area (Å²) in [5, 5.41) is 0.432. The average molecular weight is 338 g/mol. The Bertz CT molecular complexity index is 918. The zero-order chi connectivity index (χ0) is 17.1. The molecule has 2 heterocycles. The van der Waals surface area contributed by atoms with E-state index in [1.165, 1.54) is 6.33 Å². The second-order valence-electron chi connectivity index (χ2n) is 5.92. The van der Waals surface area contributed by atoms with E-state index in [4.69, 9.17) is 14.2 Å². The predicted octanol–water partition coefficient (Wildman–Crippen LogP) is 2.67. The Hall–Kier alpha value is -2.86. The summed E-state index contributed by atoms with van der Waals surface area (Å²) < 4.78 is 17.2. The topological polar surface area (TPSA) is 73.4 Å². The fraction of sp³-hybridized carbons (Fsp3) is 0.263. The number of aromatic nitrogens is 2. The summed E-state index contributed by atoms with van der Waals surface area (Å²) in [5.74, 6) is 1.09. The maximum atomic E-state index is 12.2. The highest BCUT2D eigenvalue weighted by molar-refractivity contribution is 5.85. The molecule has 2 aromatic carbocycles. The van der Waals surface area contributed by atoms with Crippen LogP contribution < -0.4 is 15.0 Å². The van der Waals surface area contributed by atoms with Gasteiger partial charge in [-0.3, -0.25) is 4.79 Å². The van der Waals surface area contributed by atoms with Crippen LogP contribution in [0.5, 0.6) is 11.5 Å². The van der Waals surface area contributed by atoms with Crippen molar-refractivity contribution in [1.29, 1.82) is 0 Å². The Morgan fingerprint density at radius 2 is 2.12 bits per heavy atom. The molecule has 1 aliphatic heterocycles. The lowest BCUT2D eigenvalue weighted by Crippen LogP contribution is -2.18. The first kappa shape index (κ1) is 15.7. The number of ether oxygens (including phenoxy) is 3. The minimum Gasteiger partial charge on any atom is -0.489 e. The number of hydrogen-bond acceptors (Lipinski definition) is 5. The number of fused-ring (bicyclic) bond motifs is 1. The third kappa shape index (κ3) is 3.49. The van der Waals surface area contributed by atoms with E-state index in [1.54, 1.807) is 12.1 Å². The Morgan fingerprint density at radius 3 is 2.92 bits per heavy atom. The molecule has 1 atom stereocenters. The van der Waals surface area contributed by atoms with E-state index in [0.717, 1.165) is 12.0 Å². The van der Waals surface area contributed by atoms with E-state index in [-0.39, 0.29) is 11.7 Å². The first-order valence-corrected chi connectivity index (χ1v) is 8.22. The van der Waals surface area contributed by atoms with Crippen molar-refractivity contribution in [3.05, 3.63) is 64.7 Å². The van der Waals surface area contributed by atoms with E-state index in [2.05, 4.69) is 9.97 Å². The Morgan fingerprint density at radius 1 is 1.24 bits per heavy atom. The molecule has 0 saturated carbocycles. The molecule has 0 radical (unpaired) electrons. The molecule has 1 fully saturated rings. The molecule has 1 unspecified atom stereocenters. The molecule has 25 heavy (non-hydrogen) atoms. The lowest BCUT2D eigenvalue weighted by molar-refractivity contribution is 0.142. The highest BCUT2D eigenvalue weighted by Gasteiger charge is 2.20. The van der Waals surface area contributed by atoms with E-state index in [9.17, 15) is 4.79 Å². The molecule has 0 spiro atoms. The predicted molar refractivity (Wildman–Crippen MR) is 93.0 cm³/mol. The van der Waals surface area contributed by atoms with Gasteiger partial charge in [-0.05, 0) is 5.56 Å².